The SMILES string of the molecule is CC1CCCCC1OCc1cc(F)cc(C#CCCO)c1. The topological polar surface area (TPSA) is 29.5 Å². The summed E-state index contributed by atoms with van der Waals surface area (Å²) >= 11 is 0. The van der Waals surface area contributed by atoms with E-state index in [-0.39, 0.29) is 18.5 Å². The standard InChI is InChI=1S/C18H23FO2/c1-14-6-2-3-8-18(14)21-13-16-10-15(7-4-5-9-20)11-17(19)12-16/h10-12,14,18,20H,2-3,5-6,8-9,13H2,1H3. The molecule has 1 aromatic rings. The maximum Gasteiger partial charge on any atom is 0.124 e. The highest BCUT2D eigenvalue weighted by Crippen LogP contribution is 2.27. The second-order valence-electron chi connectivity index (χ2n) is 5.73. The molecule has 0 aromatic heterocycles. The molecule has 2 rings (SSSR count). The van der Waals surface area contributed by atoms with Gasteiger partial charge in [0.05, 0.1) is 19.3 Å². The highest BCUT2D eigenvalue weighted by molar-refractivity contribution is 5.37. The number of hydrogen-bond acceptors (Lipinski definition) is 2. The third-order valence-electron chi connectivity index (χ3n) is 3.92. The smallest absolute Gasteiger partial charge is 0.124 e. The Morgan fingerprint density at radius 1 is 1.29 bits per heavy atom. The Bertz CT molecular complexity index is 516. The number of hydrogen-bond donors (Lipinski definition) is 1. The molecule has 2 nitrogen and oxygen atoms in total. The second-order valence-corrected chi connectivity index (χ2v) is 5.73. The van der Waals surface area contributed by atoms with Gasteiger partial charge in [0.1, 0.15) is 5.82 Å². The van der Waals surface area contributed by atoms with Gasteiger partial charge in [-0.1, -0.05) is 31.6 Å². The fraction of sp³-hybridized carbons (Fsp3) is 0.556. The Morgan fingerprint density at radius 3 is 2.86 bits per heavy atom. The highest BCUT2D eigenvalue weighted by atomic mass is 19.1. The zero-order chi connectivity index (χ0) is 15.1. The summed E-state index contributed by atoms with van der Waals surface area (Å²) in [5.41, 5.74) is 1.46. The Hall–Kier alpha value is -1.37. The van der Waals surface area contributed by atoms with Crippen molar-refractivity contribution in [3.8, 4) is 11.8 Å². The van der Waals surface area contributed by atoms with E-state index in [0.717, 1.165) is 12.0 Å². The van der Waals surface area contributed by atoms with Crippen LogP contribution in [0.15, 0.2) is 18.2 Å². The van der Waals surface area contributed by atoms with E-state index in [1.165, 1.54) is 31.4 Å². The van der Waals surface area contributed by atoms with Gasteiger partial charge >= 0.3 is 0 Å². The number of halogens is 1. The van der Waals surface area contributed by atoms with Crippen molar-refractivity contribution < 1.29 is 14.2 Å². The van der Waals surface area contributed by atoms with Gasteiger partial charge in [-0.3, -0.25) is 0 Å². The average molecular weight is 290 g/mol. The maximum atomic E-state index is 13.6. The van der Waals surface area contributed by atoms with E-state index < -0.39 is 0 Å². The van der Waals surface area contributed by atoms with Gasteiger partial charge in [-0.2, -0.15) is 0 Å². The molecule has 1 aromatic carbocycles. The summed E-state index contributed by atoms with van der Waals surface area (Å²) in [5, 5.41) is 8.71. The lowest BCUT2D eigenvalue weighted by Crippen LogP contribution is -2.25. The molecule has 1 saturated carbocycles. The van der Waals surface area contributed by atoms with Crippen LogP contribution in [-0.2, 0) is 11.3 Å². The van der Waals surface area contributed by atoms with E-state index in [1.54, 1.807) is 0 Å². The fourth-order valence-corrected chi connectivity index (χ4v) is 2.76. The Balaban J connectivity index is 1.98. The van der Waals surface area contributed by atoms with E-state index in [1.807, 2.05) is 6.07 Å². The lowest BCUT2D eigenvalue weighted by molar-refractivity contribution is -0.0155. The van der Waals surface area contributed by atoms with Gasteiger partial charge in [0, 0.05) is 12.0 Å². The fourth-order valence-electron chi connectivity index (χ4n) is 2.76. The average Bonchev–Trinajstić information content (AvgIpc) is 2.46. The van der Waals surface area contributed by atoms with Gasteiger partial charge in [-0.05, 0) is 42.5 Å². The zero-order valence-electron chi connectivity index (χ0n) is 12.6. The third kappa shape index (κ3) is 5.15. The van der Waals surface area contributed by atoms with Crippen LogP contribution in [0, 0.1) is 23.6 Å². The van der Waals surface area contributed by atoms with Crippen molar-refractivity contribution in [2.75, 3.05) is 6.61 Å². The Kier molecular flexibility index (Phi) is 6.22. The predicted octanol–water partition coefficient (Wildman–Crippen LogP) is 3.65. The van der Waals surface area contributed by atoms with Crippen molar-refractivity contribution in [2.24, 2.45) is 5.92 Å². The van der Waals surface area contributed by atoms with Gasteiger partial charge in [-0.15, -0.1) is 0 Å². The number of ether oxygens (including phenoxy) is 1. The molecule has 1 N–H and O–H groups in total. The number of aliphatic hydroxyl groups excluding tert-OH is 1. The Morgan fingerprint density at radius 2 is 2.10 bits per heavy atom. The van der Waals surface area contributed by atoms with Gasteiger partial charge < -0.3 is 9.84 Å². The van der Waals surface area contributed by atoms with Gasteiger partial charge in [0.25, 0.3) is 0 Å². The molecular formula is C18H23FO2. The van der Waals surface area contributed by atoms with Crippen LogP contribution >= 0.6 is 0 Å². The largest absolute Gasteiger partial charge is 0.395 e. The van der Waals surface area contributed by atoms with E-state index in [2.05, 4.69) is 18.8 Å². The molecule has 0 spiro atoms. The summed E-state index contributed by atoms with van der Waals surface area (Å²) in [5.74, 6) is 5.97. The van der Waals surface area contributed by atoms with Crippen LogP contribution in [0.3, 0.4) is 0 Å². The maximum absolute atomic E-state index is 13.6. The molecular weight excluding hydrogens is 267 g/mol. The summed E-state index contributed by atoms with van der Waals surface area (Å²) in [6, 6.07) is 4.78. The first-order chi connectivity index (χ1) is 10.2. The molecule has 114 valence electrons. The molecule has 1 aliphatic carbocycles. The highest BCUT2D eigenvalue weighted by Gasteiger charge is 2.21. The van der Waals surface area contributed by atoms with Crippen molar-refractivity contribution in [3.05, 3.63) is 35.1 Å². The van der Waals surface area contributed by atoms with E-state index >= 15 is 0 Å². The van der Waals surface area contributed by atoms with Crippen molar-refractivity contribution in [3.63, 3.8) is 0 Å². The molecule has 0 heterocycles. The minimum Gasteiger partial charge on any atom is -0.395 e. The summed E-state index contributed by atoms with van der Waals surface area (Å²) < 4.78 is 19.6. The van der Waals surface area contributed by atoms with E-state index in [4.69, 9.17) is 9.84 Å². The van der Waals surface area contributed by atoms with Crippen LogP contribution in [0.1, 0.15) is 50.2 Å². The minimum atomic E-state index is -0.291. The third-order valence-corrected chi connectivity index (χ3v) is 3.92. The molecule has 1 fully saturated rings. The molecule has 3 heteroatoms. The van der Waals surface area contributed by atoms with E-state index in [0.29, 0.717) is 24.5 Å². The van der Waals surface area contributed by atoms with Crippen LogP contribution in [0.25, 0.3) is 0 Å². The van der Waals surface area contributed by atoms with Gasteiger partial charge in [0.2, 0.25) is 0 Å². The monoisotopic (exact) mass is 290 g/mol. The lowest BCUT2D eigenvalue weighted by atomic mass is 9.88. The molecule has 0 saturated heterocycles. The van der Waals surface area contributed by atoms with Crippen LogP contribution < -0.4 is 0 Å². The first-order valence-corrected chi connectivity index (χ1v) is 7.70. The first-order valence-electron chi connectivity index (χ1n) is 7.70. The quantitative estimate of drug-likeness (QED) is 0.858. The molecule has 0 radical (unpaired) electrons. The predicted molar refractivity (Wildman–Crippen MR) is 81.2 cm³/mol. The zero-order valence-corrected chi connectivity index (χ0v) is 12.6. The summed E-state index contributed by atoms with van der Waals surface area (Å²) in [7, 11) is 0. The Labute approximate surface area is 126 Å². The number of benzene rings is 1. The molecule has 21 heavy (non-hydrogen) atoms. The van der Waals surface area contributed by atoms with Crippen LogP contribution in [0.4, 0.5) is 4.39 Å². The summed E-state index contributed by atoms with van der Waals surface area (Å²) in [6.07, 6.45) is 5.50. The molecule has 0 amide bonds. The molecule has 2 unspecified atom stereocenters. The summed E-state index contributed by atoms with van der Waals surface area (Å²) in [6.45, 7) is 2.68. The van der Waals surface area contributed by atoms with Crippen molar-refractivity contribution >= 4 is 0 Å². The van der Waals surface area contributed by atoms with Crippen molar-refractivity contribution in [2.45, 2.75) is 51.7 Å². The number of rotatable bonds is 4. The number of aliphatic hydroxyl groups is 1. The molecule has 1 aliphatic rings. The normalized spacial score (nSPS) is 21.7. The first kappa shape index (κ1) is 16.0. The van der Waals surface area contributed by atoms with E-state index in [9.17, 15) is 4.39 Å². The van der Waals surface area contributed by atoms with Gasteiger partial charge in [0.15, 0.2) is 0 Å². The minimum absolute atomic E-state index is 0.0256. The van der Waals surface area contributed by atoms with Crippen LogP contribution in [-0.4, -0.2) is 17.8 Å². The molecule has 2 atom stereocenters. The van der Waals surface area contributed by atoms with Crippen molar-refractivity contribution in [1.29, 1.82) is 0 Å². The van der Waals surface area contributed by atoms with Crippen molar-refractivity contribution in [1.82, 2.24) is 0 Å². The van der Waals surface area contributed by atoms with Gasteiger partial charge in [-0.25, -0.2) is 4.39 Å². The van der Waals surface area contributed by atoms with Crippen LogP contribution in [0.5, 0.6) is 0 Å². The molecule has 0 aliphatic heterocycles. The molecule has 0 bridgehead atoms. The summed E-state index contributed by atoms with van der Waals surface area (Å²) in [4.78, 5) is 0. The second kappa shape index (κ2) is 8.17. The lowest BCUT2D eigenvalue weighted by Gasteiger charge is -2.28. The van der Waals surface area contributed by atoms with Crippen LogP contribution in [0.2, 0.25) is 0 Å².